The molecular weight excluding hydrogens is 365 g/mol. The fraction of sp³-hybridized carbons (Fsp3) is 0.368. The summed E-state index contributed by atoms with van der Waals surface area (Å²) >= 11 is 1.53. The van der Waals surface area contributed by atoms with E-state index in [1.807, 2.05) is 31.7 Å². The Morgan fingerprint density at radius 3 is 2.85 bits per heavy atom. The maximum absolute atomic E-state index is 13.4. The third-order valence-corrected chi connectivity index (χ3v) is 5.90. The van der Waals surface area contributed by atoms with Crippen LogP contribution in [0.15, 0.2) is 24.5 Å². The van der Waals surface area contributed by atoms with Crippen molar-refractivity contribution in [3.63, 3.8) is 0 Å². The van der Waals surface area contributed by atoms with Crippen molar-refractivity contribution in [3.8, 4) is 0 Å². The number of aryl methyl sites for hydroxylation is 1. The molecule has 27 heavy (non-hydrogen) atoms. The molecule has 1 amide bonds. The van der Waals surface area contributed by atoms with E-state index in [9.17, 15) is 9.18 Å². The zero-order chi connectivity index (χ0) is 19.1. The van der Waals surface area contributed by atoms with E-state index >= 15 is 0 Å². The SMILES string of the molecule is Cc1cc2nc(NC(C)c3cncc(F)c3)nc(C(=O)N3CC[C@@H]3C)c2s1. The lowest BCUT2D eigenvalue weighted by molar-refractivity contribution is 0.0498. The number of nitrogens with one attached hydrogen (secondary N) is 1. The number of aromatic nitrogens is 3. The molecule has 1 saturated heterocycles. The van der Waals surface area contributed by atoms with Crippen LogP contribution < -0.4 is 5.32 Å². The van der Waals surface area contributed by atoms with E-state index in [0.29, 0.717) is 17.2 Å². The first-order chi connectivity index (χ1) is 12.9. The summed E-state index contributed by atoms with van der Waals surface area (Å²) in [6.45, 7) is 6.66. The number of amides is 1. The Morgan fingerprint density at radius 2 is 2.19 bits per heavy atom. The number of pyridine rings is 1. The monoisotopic (exact) mass is 385 g/mol. The molecule has 1 N–H and O–H groups in total. The van der Waals surface area contributed by atoms with Gasteiger partial charge in [0.15, 0.2) is 5.69 Å². The van der Waals surface area contributed by atoms with Crippen LogP contribution >= 0.6 is 11.3 Å². The molecule has 0 aliphatic carbocycles. The summed E-state index contributed by atoms with van der Waals surface area (Å²) in [5.41, 5.74) is 1.86. The van der Waals surface area contributed by atoms with Crippen molar-refractivity contribution in [1.29, 1.82) is 0 Å². The van der Waals surface area contributed by atoms with Crippen molar-refractivity contribution in [2.24, 2.45) is 0 Å². The third kappa shape index (κ3) is 3.37. The second-order valence-electron chi connectivity index (χ2n) is 6.91. The van der Waals surface area contributed by atoms with E-state index in [0.717, 1.165) is 34.3 Å². The minimum Gasteiger partial charge on any atom is -0.348 e. The average Bonchev–Trinajstić information content (AvgIpc) is 2.99. The fourth-order valence-electron chi connectivity index (χ4n) is 3.15. The van der Waals surface area contributed by atoms with Crippen LogP contribution in [-0.2, 0) is 0 Å². The first kappa shape index (κ1) is 17.8. The highest BCUT2D eigenvalue weighted by atomic mass is 32.1. The summed E-state index contributed by atoms with van der Waals surface area (Å²) in [6, 6.07) is 3.36. The highest BCUT2D eigenvalue weighted by molar-refractivity contribution is 7.19. The molecule has 8 heteroatoms. The van der Waals surface area contributed by atoms with Gasteiger partial charge < -0.3 is 10.2 Å². The van der Waals surface area contributed by atoms with Gasteiger partial charge in [-0.15, -0.1) is 11.3 Å². The van der Waals surface area contributed by atoms with E-state index in [2.05, 4.69) is 20.3 Å². The molecule has 3 aromatic rings. The Morgan fingerprint density at radius 1 is 1.37 bits per heavy atom. The normalized spacial score (nSPS) is 17.6. The van der Waals surface area contributed by atoms with Gasteiger partial charge in [-0.25, -0.2) is 14.4 Å². The van der Waals surface area contributed by atoms with Gasteiger partial charge in [0, 0.05) is 23.7 Å². The molecule has 0 saturated carbocycles. The van der Waals surface area contributed by atoms with Gasteiger partial charge in [-0.1, -0.05) is 0 Å². The lowest BCUT2D eigenvalue weighted by Crippen LogP contribution is -2.49. The Balaban J connectivity index is 1.70. The second-order valence-corrected chi connectivity index (χ2v) is 8.16. The largest absolute Gasteiger partial charge is 0.348 e. The first-order valence-electron chi connectivity index (χ1n) is 8.88. The molecule has 1 aliphatic heterocycles. The van der Waals surface area contributed by atoms with Crippen LogP contribution in [0.2, 0.25) is 0 Å². The average molecular weight is 385 g/mol. The Bertz CT molecular complexity index is 1020. The third-order valence-electron chi connectivity index (χ3n) is 4.85. The summed E-state index contributed by atoms with van der Waals surface area (Å²) in [6.07, 6.45) is 3.78. The number of anilines is 1. The van der Waals surface area contributed by atoms with Crippen molar-refractivity contribution < 1.29 is 9.18 Å². The number of fused-ring (bicyclic) bond motifs is 1. The molecule has 3 aromatic heterocycles. The molecule has 6 nitrogen and oxygen atoms in total. The van der Waals surface area contributed by atoms with Crippen molar-refractivity contribution in [3.05, 3.63) is 46.5 Å². The van der Waals surface area contributed by atoms with Crippen LogP contribution in [-0.4, -0.2) is 38.3 Å². The number of rotatable bonds is 4. The molecule has 4 rings (SSSR count). The van der Waals surface area contributed by atoms with Gasteiger partial charge in [-0.05, 0) is 44.9 Å². The number of likely N-dealkylation sites (tertiary alicyclic amines) is 1. The quantitative estimate of drug-likeness (QED) is 0.737. The predicted octanol–water partition coefficient (Wildman–Crippen LogP) is 3.94. The molecule has 140 valence electrons. The molecule has 1 unspecified atom stereocenters. The Kier molecular flexibility index (Phi) is 4.51. The predicted molar refractivity (Wildman–Crippen MR) is 104 cm³/mol. The highest BCUT2D eigenvalue weighted by Gasteiger charge is 2.32. The van der Waals surface area contributed by atoms with E-state index in [1.165, 1.54) is 17.4 Å². The summed E-state index contributed by atoms with van der Waals surface area (Å²) < 4.78 is 14.3. The molecule has 1 aliphatic rings. The number of carbonyl (C=O) groups is 1. The van der Waals surface area contributed by atoms with Crippen LogP contribution in [0, 0.1) is 12.7 Å². The molecule has 1 fully saturated rings. The molecule has 0 spiro atoms. The lowest BCUT2D eigenvalue weighted by Gasteiger charge is -2.38. The number of nitrogens with zero attached hydrogens (tertiary/aromatic N) is 4. The van der Waals surface area contributed by atoms with Crippen molar-refractivity contribution in [1.82, 2.24) is 19.9 Å². The maximum atomic E-state index is 13.4. The van der Waals surface area contributed by atoms with Crippen LogP contribution in [0.5, 0.6) is 0 Å². The van der Waals surface area contributed by atoms with Crippen LogP contribution in [0.1, 0.15) is 47.2 Å². The van der Waals surface area contributed by atoms with Gasteiger partial charge in [-0.3, -0.25) is 9.78 Å². The second kappa shape index (κ2) is 6.84. The number of hydrogen-bond acceptors (Lipinski definition) is 6. The summed E-state index contributed by atoms with van der Waals surface area (Å²) in [5, 5.41) is 3.17. The topological polar surface area (TPSA) is 71.0 Å². The molecular formula is C19H20FN5OS. The van der Waals surface area contributed by atoms with Crippen LogP contribution in [0.4, 0.5) is 10.3 Å². The van der Waals surface area contributed by atoms with Crippen LogP contribution in [0.3, 0.4) is 0 Å². The number of halogens is 1. The fourth-order valence-corrected chi connectivity index (χ4v) is 4.09. The molecule has 0 aromatic carbocycles. The van der Waals surface area contributed by atoms with Gasteiger partial charge >= 0.3 is 0 Å². The minimum atomic E-state index is -0.395. The van der Waals surface area contributed by atoms with Crippen molar-refractivity contribution in [2.45, 2.75) is 39.3 Å². The zero-order valence-electron chi connectivity index (χ0n) is 15.4. The van der Waals surface area contributed by atoms with Crippen LogP contribution in [0.25, 0.3) is 10.2 Å². The summed E-state index contributed by atoms with van der Waals surface area (Å²) in [5.74, 6) is -0.103. The van der Waals surface area contributed by atoms with Gasteiger partial charge in [0.1, 0.15) is 5.82 Å². The van der Waals surface area contributed by atoms with Gasteiger partial charge in [0.2, 0.25) is 5.95 Å². The van der Waals surface area contributed by atoms with Gasteiger partial charge in [-0.2, -0.15) is 0 Å². The smallest absolute Gasteiger partial charge is 0.274 e. The van der Waals surface area contributed by atoms with Gasteiger partial charge in [0.25, 0.3) is 5.91 Å². The lowest BCUT2D eigenvalue weighted by atomic mass is 10.0. The number of carbonyl (C=O) groups excluding carboxylic acids is 1. The standard InChI is InChI=1S/C19H20FN5OS/c1-10-4-5-25(10)18(26)16-17-15(6-11(2)27-17)23-19(24-16)22-12(3)13-7-14(20)9-21-8-13/h6-10,12H,4-5H2,1-3H3,(H,22,23,24)/t10-,12?/m0/s1. The van der Waals surface area contributed by atoms with E-state index in [4.69, 9.17) is 0 Å². The summed E-state index contributed by atoms with van der Waals surface area (Å²) in [7, 11) is 0. The summed E-state index contributed by atoms with van der Waals surface area (Å²) in [4.78, 5) is 28.8. The number of thiophene rings is 1. The Hall–Kier alpha value is -2.61. The molecule has 2 atom stereocenters. The molecule has 0 radical (unpaired) electrons. The van der Waals surface area contributed by atoms with Crippen molar-refractivity contribution >= 4 is 33.4 Å². The zero-order valence-corrected chi connectivity index (χ0v) is 16.2. The van der Waals surface area contributed by atoms with E-state index < -0.39 is 5.82 Å². The van der Waals surface area contributed by atoms with E-state index in [1.54, 1.807) is 6.20 Å². The minimum absolute atomic E-state index is 0.0638. The maximum Gasteiger partial charge on any atom is 0.274 e. The molecule has 0 bridgehead atoms. The van der Waals surface area contributed by atoms with E-state index in [-0.39, 0.29) is 18.0 Å². The molecule has 4 heterocycles. The van der Waals surface area contributed by atoms with Gasteiger partial charge in [0.05, 0.1) is 22.5 Å². The van der Waals surface area contributed by atoms with Crippen molar-refractivity contribution in [2.75, 3.05) is 11.9 Å². The Labute approximate surface area is 160 Å². The first-order valence-corrected chi connectivity index (χ1v) is 9.70. The highest BCUT2D eigenvalue weighted by Crippen LogP contribution is 2.30. The number of hydrogen-bond donors (Lipinski definition) is 1.